The molecule has 3 heterocycles. The minimum atomic E-state index is -0.607. The number of aromatic nitrogens is 4. The molecule has 2 N–H and O–H groups in total. The van der Waals surface area contributed by atoms with Crippen LogP contribution < -0.4 is 5.32 Å². The van der Waals surface area contributed by atoms with E-state index in [0.717, 1.165) is 0 Å². The number of aliphatic hydroxyl groups is 1. The maximum absolute atomic E-state index is 13.2. The van der Waals surface area contributed by atoms with Crippen molar-refractivity contribution in [1.29, 1.82) is 0 Å². The number of amides is 1. The van der Waals surface area contributed by atoms with E-state index in [1.54, 1.807) is 47.5 Å². The molecular weight excluding hydrogens is 441 g/mol. The van der Waals surface area contributed by atoms with Gasteiger partial charge in [0.15, 0.2) is 0 Å². The lowest BCUT2D eigenvalue weighted by molar-refractivity contribution is 0.0917. The molecule has 0 aliphatic rings. The normalized spacial score (nSPS) is 12.1. The fourth-order valence-corrected chi connectivity index (χ4v) is 3.40. The Morgan fingerprint density at radius 1 is 1.21 bits per heavy atom. The SMILES string of the molecule is O=C(N[C@@H](CO)c1ccnc(Br)c1)c1cncc2c1cnn2-c1ccc(F)cc1. The van der Waals surface area contributed by atoms with Crippen LogP contribution in [-0.4, -0.2) is 37.4 Å². The maximum atomic E-state index is 13.2. The van der Waals surface area contributed by atoms with Crippen molar-refractivity contribution in [3.63, 3.8) is 0 Å². The number of hydrogen-bond acceptors (Lipinski definition) is 5. The summed E-state index contributed by atoms with van der Waals surface area (Å²) >= 11 is 3.28. The molecule has 146 valence electrons. The second-order valence-corrected chi connectivity index (χ2v) is 7.09. The van der Waals surface area contributed by atoms with Crippen LogP contribution in [0.1, 0.15) is 22.0 Å². The predicted molar refractivity (Wildman–Crippen MR) is 108 cm³/mol. The summed E-state index contributed by atoms with van der Waals surface area (Å²) in [6.07, 6.45) is 6.19. The second kappa shape index (κ2) is 8.06. The molecule has 0 bridgehead atoms. The summed E-state index contributed by atoms with van der Waals surface area (Å²) in [7, 11) is 0. The lowest BCUT2D eigenvalue weighted by atomic mass is 10.1. The Morgan fingerprint density at radius 2 is 2.00 bits per heavy atom. The summed E-state index contributed by atoms with van der Waals surface area (Å²) < 4.78 is 15.4. The smallest absolute Gasteiger partial charge is 0.254 e. The lowest BCUT2D eigenvalue weighted by Gasteiger charge is -2.17. The average molecular weight is 456 g/mol. The van der Waals surface area contributed by atoms with Gasteiger partial charge in [0.25, 0.3) is 5.91 Å². The highest BCUT2D eigenvalue weighted by atomic mass is 79.9. The number of pyridine rings is 2. The van der Waals surface area contributed by atoms with Crippen molar-refractivity contribution in [1.82, 2.24) is 25.1 Å². The van der Waals surface area contributed by atoms with Gasteiger partial charge in [0.1, 0.15) is 10.4 Å². The Labute approximate surface area is 173 Å². The number of hydrogen-bond donors (Lipinski definition) is 2. The number of aliphatic hydroxyl groups excluding tert-OH is 1. The van der Waals surface area contributed by atoms with Crippen LogP contribution in [0.25, 0.3) is 16.6 Å². The van der Waals surface area contributed by atoms with Crippen LogP contribution in [0.2, 0.25) is 0 Å². The fourth-order valence-electron chi connectivity index (χ4n) is 3.02. The zero-order chi connectivity index (χ0) is 20.4. The minimum absolute atomic E-state index is 0.277. The van der Waals surface area contributed by atoms with Gasteiger partial charge < -0.3 is 10.4 Å². The van der Waals surface area contributed by atoms with Crippen molar-refractivity contribution in [3.05, 3.63) is 82.7 Å². The molecule has 0 aliphatic heterocycles. The van der Waals surface area contributed by atoms with Gasteiger partial charge in [-0.15, -0.1) is 0 Å². The average Bonchev–Trinajstić information content (AvgIpc) is 3.16. The van der Waals surface area contributed by atoms with E-state index >= 15 is 0 Å². The molecule has 29 heavy (non-hydrogen) atoms. The minimum Gasteiger partial charge on any atom is -0.394 e. The molecule has 1 amide bonds. The molecule has 1 aromatic carbocycles. The first-order chi connectivity index (χ1) is 14.1. The van der Waals surface area contributed by atoms with E-state index < -0.39 is 11.9 Å². The van der Waals surface area contributed by atoms with Crippen molar-refractivity contribution < 1.29 is 14.3 Å². The number of halogens is 2. The molecule has 4 rings (SSSR count). The first-order valence-electron chi connectivity index (χ1n) is 8.67. The van der Waals surface area contributed by atoms with E-state index in [2.05, 4.69) is 36.3 Å². The van der Waals surface area contributed by atoms with Gasteiger partial charge in [-0.1, -0.05) is 0 Å². The van der Waals surface area contributed by atoms with Crippen molar-refractivity contribution >= 4 is 32.7 Å². The van der Waals surface area contributed by atoms with Gasteiger partial charge in [0, 0.05) is 17.8 Å². The van der Waals surface area contributed by atoms with Crippen LogP contribution in [0.4, 0.5) is 4.39 Å². The molecule has 0 radical (unpaired) electrons. The molecule has 4 aromatic rings. The zero-order valence-corrected chi connectivity index (χ0v) is 16.5. The molecule has 0 saturated heterocycles. The Morgan fingerprint density at radius 3 is 2.72 bits per heavy atom. The summed E-state index contributed by atoms with van der Waals surface area (Å²) in [5.74, 6) is -0.741. The van der Waals surface area contributed by atoms with Crippen LogP contribution in [0.5, 0.6) is 0 Å². The van der Waals surface area contributed by atoms with Gasteiger partial charge in [-0.25, -0.2) is 14.1 Å². The zero-order valence-electron chi connectivity index (χ0n) is 15.0. The molecular formula is C20H15BrFN5O2. The number of fused-ring (bicyclic) bond motifs is 1. The molecule has 3 aromatic heterocycles. The summed E-state index contributed by atoms with van der Waals surface area (Å²) in [5, 5.41) is 17.5. The first-order valence-corrected chi connectivity index (χ1v) is 9.47. The first kappa shape index (κ1) is 19.2. The topological polar surface area (TPSA) is 92.9 Å². The molecule has 0 fully saturated rings. The molecule has 0 aliphatic carbocycles. The van der Waals surface area contributed by atoms with Crippen LogP contribution in [0.3, 0.4) is 0 Å². The molecule has 0 spiro atoms. The predicted octanol–water partition coefficient (Wildman–Crippen LogP) is 3.18. The van der Waals surface area contributed by atoms with Crippen LogP contribution in [0, 0.1) is 5.82 Å². The van der Waals surface area contributed by atoms with E-state index in [1.807, 2.05) is 0 Å². The van der Waals surface area contributed by atoms with E-state index in [1.165, 1.54) is 18.3 Å². The van der Waals surface area contributed by atoms with Gasteiger partial charge in [-0.3, -0.25) is 9.78 Å². The van der Waals surface area contributed by atoms with Crippen molar-refractivity contribution in [2.24, 2.45) is 0 Å². The number of rotatable bonds is 5. The lowest BCUT2D eigenvalue weighted by Crippen LogP contribution is -2.31. The number of nitrogens with one attached hydrogen (secondary N) is 1. The Kier molecular flexibility index (Phi) is 5.32. The fraction of sp³-hybridized carbons (Fsp3) is 0.100. The third kappa shape index (κ3) is 3.87. The number of nitrogens with zero attached hydrogens (tertiary/aromatic N) is 4. The van der Waals surface area contributed by atoms with Gasteiger partial charge in [0.05, 0.1) is 41.8 Å². The van der Waals surface area contributed by atoms with Crippen LogP contribution in [0.15, 0.2) is 65.8 Å². The van der Waals surface area contributed by atoms with Crippen LogP contribution in [-0.2, 0) is 0 Å². The molecule has 9 heteroatoms. The summed E-state index contributed by atoms with van der Waals surface area (Å²) in [4.78, 5) is 21.1. The Balaban J connectivity index is 1.67. The van der Waals surface area contributed by atoms with Gasteiger partial charge in [0.2, 0.25) is 0 Å². The van der Waals surface area contributed by atoms with E-state index in [-0.39, 0.29) is 12.4 Å². The van der Waals surface area contributed by atoms with Crippen molar-refractivity contribution in [2.45, 2.75) is 6.04 Å². The maximum Gasteiger partial charge on any atom is 0.254 e. The van der Waals surface area contributed by atoms with Gasteiger partial charge >= 0.3 is 0 Å². The van der Waals surface area contributed by atoms with E-state index in [9.17, 15) is 14.3 Å². The standard InChI is InChI=1S/C20H15BrFN5O2/c21-19-7-12(5-6-24-19)17(11-28)26-20(29)16-8-23-10-18-15(16)9-25-27(18)14-3-1-13(22)2-4-14/h1-10,17,28H,11H2,(H,26,29)/t17-/m0/s1. The molecule has 0 saturated carbocycles. The number of carbonyl (C=O) groups excluding carboxylic acids is 1. The summed E-state index contributed by atoms with van der Waals surface area (Å²) in [6.45, 7) is -0.277. The van der Waals surface area contributed by atoms with E-state index in [0.29, 0.717) is 32.3 Å². The van der Waals surface area contributed by atoms with Crippen molar-refractivity contribution in [2.75, 3.05) is 6.61 Å². The third-order valence-electron chi connectivity index (χ3n) is 4.45. The molecule has 0 unspecified atom stereocenters. The third-order valence-corrected chi connectivity index (χ3v) is 4.89. The monoisotopic (exact) mass is 455 g/mol. The summed E-state index contributed by atoms with van der Waals surface area (Å²) in [6, 6.07) is 8.71. The Hall–Kier alpha value is -3.17. The van der Waals surface area contributed by atoms with Gasteiger partial charge in [-0.2, -0.15) is 5.10 Å². The number of carbonyl (C=O) groups is 1. The van der Waals surface area contributed by atoms with Crippen LogP contribution >= 0.6 is 15.9 Å². The highest BCUT2D eigenvalue weighted by Gasteiger charge is 2.19. The quantitative estimate of drug-likeness (QED) is 0.450. The highest BCUT2D eigenvalue weighted by molar-refractivity contribution is 9.10. The Bertz CT molecular complexity index is 1180. The van der Waals surface area contributed by atoms with E-state index in [4.69, 9.17) is 0 Å². The second-order valence-electron chi connectivity index (χ2n) is 6.27. The molecule has 7 nitrogen and oxygen atoms in total. The number of benzene rings is 1. The van der Waals surface area contributed by atoms with Gasteiger partial charge in [-0.05, 0) is 57.9 Å². The highest BCUT2D eigenvalue weighted by Crippen LogP contribution is 2.22. The largest absolute Gasteiger partial charge is 0.394 e. The molecule has 1 atom stereocenters. The van der Waals surface area contributed by atoms with Crippen molar-refractivity contribution in [3.8, 4) is 5.69 Å². The summed E-state index contributed by atoms with van der Waals surface area (Å²) in [5.41, 5.74) is 2.29.